The molecule has 0 unspecified atom stereocenters. The van der Waals surface area contributed by atoms with Crippen molar-refractivity contribution in [1.82, 2.24) is 24.6 Å². The zero-order valence-corrected chi connectivity index (χ0v) is 16.2. The van der Waals surface area contributed by atoms with Gasteiger partial charge in [-0.3, -0.25) is 4.79 Å². The molecule has 0 saturated carbocycles. The lowest BCUT2D eigenvalue weighted by Gasteiger charge is -2.07. The molecule has 0 spiro atoms. The molecular weight excluding hydrogens is 421 g/mol. The summed E-state index contributed by atoms with van der Waals surface area (Å²) < 4.78 is 40.1. The smallest absolute Gasteiger partial charge is 0.319 e. The number of rotatable bonds is 3. The molecule has 5 aromatic rings. The first-order valence-electron chi connectivity index (χ1n) is 9.46. The van der Waals surface area contributed by atoms with Gasteiger partial charge in [0.15, 0.2) is 11.5 Å². The predicted octanol–water partition coefficient (Wildman–Crippen LogP) is 4.46. The molecule has 3 heterocycles. The molecule has 3 aromatic heterocycles. The highest BCUT2D eigenvalue weighted by molar-refractivity contribution is 5.93. The fraction of sp³-hybridized carbons (Fsp3) is 0.0455. The minimum absolute atomic E-state index is 0.186. The second-order valence-electron chi connectivity index (χ2n) is 6.87. The third-order valence-corrected chi connectivity index (χ3v) is 4.78. The first-order valence-corrected chi connectivity index (χ1v) is 9.46. The van der Waals surface area contributed by atoms with Crippen LogP contribution in [0.2, 0.25) is 0 Å². The summed E-state index contributed by atoms with van der Waals surface area (Å²) in [5.74, 6) is 0.438. The Morgan fingerprint density at radius 2 is 1.62 bits per heavy atom. The van der Waals surface area contributed by atoms with Crippen LogP contribution in [0.25, 0.3) is 27.9 Å². The number of alkyl halides is 3. The van der Waals surface area contributed by atoms with Crippen molar-refractivity contribution in [1.29, 1.82) is 0 Å². The second kappa shape index (κ2) is 7.41. The average molecular weight is 434 g/mol. The lowest BCUT2D eigenvalue weighted by atomic mass is 10.1. The van der Waals surface area contributed by atoms with Crippen LogP contribution in [0.1, 0.15) is 5.56 Å². The number of hydrogen-bond donors (Lipinski definition) is 1. The highest BCUT2D eigenvalue weighted by atomic mass is 19.4. The molecule has 7 nitrogen and oxygen atoms in total. The van der Waals surface area contributed by atoms with Crippen molar-refractivity contribution in [2.75, 3.05) is 5.32 Å². The minimum atomic E-state index is -4.43. The summed E-state index contributed by atoms with van der Waals surface area (Å²) in [7, 11) is 0. The van der Waals surface area contributed by atoms with Gasteiger partial charge in [0.25, 0.3) is 5.56 Å². The van der Waals surface area contributed by atoms with Crippen LogP contribution in [0.15, 0.2) is 77.7 Å². The Morgan fingerprint density at radius 3 is 2.41 bits per heavy atom. The van der Waals surface area contributed by atoms with Crippen LogP contribution in [0, 0.1) is 0 Å². The zero-order valence-electron chi connectivity index (χ0n) is 16.2. The van der Waals surface area contributed by atoms with E-state index in [-0.39, 0.29) is 17.5 Å². The topological polar surface area (TPSA) is 85.1 Å². The molecule has 0 fully saturated rings. The van der Waals surface area contributed by atoms with E-state index in [1.54, 1.807) is 24.3 Å². The van der Waals surface area contributed by atoms with E-state index in [1.165, 1.54) is 22.8 Å². The molecule has 0 amide bonds. The second-order valence-corrected chi connectivity index (χ2v) is 6.87. The molecule has 158 valence electrons. The molecule has 0 aliphatic carbocycles. The molecule has 2 aromatic carbocycles. The van der Waals surface area contributed by atoms with Gasteiger partial charge in [0.2, 0.25) is 5.95 Å². The van der Waals surface area contributed by atoms with Crippen LogP contribution >= 0.6 is 0 Å². The van der Waals surface area contributed by atoms with Gasteiger partial charge in [-0.05, 0) is 36.4 Å². The molecule has 1 N–H and O–H groups in total. The SMILES string of the molecule is O=c1nccccc1Nc1nc2ccccc2c2nc(-c3ccc(C(F)(F)F)cc3)nn12. The monoisotopic (exact) mass is 434 g/mol. The van der Waals surface area contributed by atoms with Crippen LogP contribution < -0.4 is 10.9 Å². The van der Waals surface area contributed by atoms with Gasteiger partial charge in [-0.25, -0.2) is 15.0 Å². The summed E-state index contributed by atoms with van der Waals surface area (Å²) in [4.78, 5) is 25.1. The summed E-state index contributed by atoms with van der Waals surface area (Å²) in [6, 6.07) is 16.7. The summed E-state index contributed by atoms with van der Waals surface area (Å²) >= 11 is 0. The quantitative estimate of drug-likeness (QED) is 0.451. The maximum absolute atomic E-state index is 12.9. The van der Waals surface area contributed by atoms with Gasteiger partial charge in [-0.1, -0.05) is 30.3 Å². The van der Waals surface area contributed by atoms with Crippen molar-refractivity contribution in [2.24, 2.45) is 0 Å². The van der Waals surface area contributed by atoms with E-state index in [9.17, 15) is 18.0 Å². The molecule has 0 radical (unpaired) electrons. The Labute approximate surface area is 178 Å². The Morgan fingerprint density at radius 1 is 0.875 bits per heavy atom. The normalized spacial score (nSPS) is 11.7. The molecule has 10 heteroatoms. The number of halogens is 3. The van der Waals surface area contributed by atoms with Crippen LogP contribution in [0.4, 0.5) is 24.8 Å². The Kier molecular flexibility index (Phi) is 4.54. The van der Waals surface area contributed by atoms with Crippen molar-refractivity contribution in [3.8, 4) is 11.4 Å². The van der Waals surface area contributed by atoms with Crippen molar-refractivity contribution < 1.29 is 13.2 Å². The summed E-state index contributed by atoms with van der Waals surface area (Å²) in [5, 5.41) is 8.09. The standard InChI is InChI=1S/C22H13F3N6O/c23-22(24,25)14-10-8-13(9-11-14)18-29-19-15-5-1-2-6-16(15)27-21(31(19)30-18)28-17-7-3-4-12-26-20(17)32/h1-12H,(H,26,27,28,32). The Bertz CT molecular complexity index is 1510. The summed E-state index contributed by atoms with van der Waals surface area (Å²) in [6.07, 6.45) is -3.05. The van der Waals surface area contributed by atoms with Gasteiger partial charge in [-0.15, -0.1) is 5.10 Å². The fourth-order valence-electron chi connectivity index (χ4n) is 3.24. The third kappa shape index (κ3) is 3.51. The largest absolute Gasteiger partial charge is 0.416 e. The Hall–Kier alpha value is -4.34. The third-order valence-electron chi connectivity index (χ3n) is 4.78. The van der Waals surface area contributed by atoms with Gasteiger partial charge >= 0.3 is 6.18 Å². The zero-order chi connectivity index (χ0) is 22.3. The highest BCUT2D eigenvalue weighted by Gasteiger charge is 2.30. The molecule has 0 saturated heterocycles. The number of nitrogens with one attached hydrogen (secondary N) is 1. The van der Waals surface area contributed by atoms with E-state index < -0.39 is 17.3 Å². The molecule has 0 bridgehead atoms. The van der Waals surface area contributed by atoms with Gasteiger partial charge < -0.3 is 5.32 Å². The summed E-state index contributed by atoms with van der Waals surface area (Å²) in [5.41, 5.74) is 0.399. The highest BCUT2D eigenvalue weighted by Crippen LogP contribution is 2.31. The Balaban J connectivity index is 1.68. The van der Waals surface area contributed by atoms with Crippen molar-refractivity contribution in [3.63, 3.8) is 0 Å². The molecule has 0 atom stereocenters. The van der Waals surface area contributed by atoms with Gasteiger partial charge in [0.1, 0.15) is 5.69 Å². The molecule has 5 rings (SSSR count). The summed E-state index contributed by atoms with van der Waals surface area (Å²) in [6.45, 7) is 0. The molecule has 32 heavy (non-hydrogen) atoms. The van der Waals surface area contributed by atoms with Gasteiger partial charge in [0, 0.05) is 17.1 Å². The number of aromatic nitrogens is 5. The van der Waals surface area contributed by atoms with Gasteiger partial charge in [0.05, 0.1) is 11.1 Å². The molecular formula is C22H13F3N6O. The number of nitrogens with zero attached hydrogens (tertiary/aromatic N) is 5. The number of anilines is 2. The van der Waals surface area contributed by atoms with E-state index in [0.717, 1.165) is 12.1 Å². The molecule has 0 aliphatic rings. The average Bonchev–Trinajstić information content (AvgIpc) is 3.14. The predicted molar refractivity (Wildman–Crippen MR) is 113 cm³/mol. The number of hydrogen-bond acceptors (Lipinski definition) is 6. The number of fused-ring (bicyclic) bond motifs is 3. The van der Waals surface area contributed by atoms with Gasteiger partial charge in [-0.2, -0.15) is 17.7 Å². The van der Waals surface area contributed by atoms with E-state index in [4.69, 9.17) is 0 Å². The van der Waals surface area contributed by atoms with Crippen LogP contribution in [0.3, 0.4) is 0 Å². The lowest BCUT2D eigenvalue weighted by Crippen LogP contribution is -2.11. The van der Waals surface area contributed by atoms with E-state index in [1.807, 2.05) is 18.2 Å². The van der Waals surface area contributed by atoms with E-state index >= 15 is 0 Å². The van der Waals surface area contributed by atoms with Crippen LogP contribution in [-0.2, 0) is 6.18 Å². The molecule has 0 aliphatic heterocycles. The number of para-hydroxylation sites is 1. The number of benzene rings is 2. The van der Waals surface area contributed by atoms with Crippen molar-refractivity contribution in [2.45, 2.75) is 6.18 Å². The van der Waals surface area contributed by atoms with Crippen LogP contribution in [-0.4, -0.2) is 24.6 Å². The van der Waals surface area contributed by atoms with E-state index in [0.29, 0.717) is 22.1 Å². The van der Waals surface area contributed by atoms with Crippen molar-refractivity contribution >= 4 is 28.2 Å². The lowest BCUT2D eigenvalue weighted by molar-refractivity contribution is -0.137. The maximum Gasteiger partial charge on any atom is 0.416 e. The minimum Gasteiger partial charge on any atom is -0.319 e. The van der Waals surface area contributed by atoms with E-state index in [2.05, 4.69) is 25.4 Å². The van der Waals surface area contributed by atoms with Crippen LogP contribution in [0.5, 0.6) is 0 Å². The van der Waals surface area contributed by atoms with Crippen molar-refractivity contribution in [3.05, 3.63) is 88.8 Å². The first-order chi connectivity index (χ1) is 15.4. The first kappa shape index (κ1) is 19.6. The fourth-order valence-corrected chi connectivity index (χ4v) is 3.24. The maximum atomic E-state index is 12.9.